The molecule has 3 nitrogen and oxygen atoms in total. The molecule has 1 heterocycles. The number of nitrogens with two attached hydrogens (primary N) is 1. The monoisotopic (exact) mass is 179 g/mol. The maximum atomic E-state index is 5.77. The van der Waals surface area contributed by atoms with E-state index in [2.05, 4.69) is 24.1 Å². The Morgan fingerprint density at radius 1 is 1.54 bits per heavy atom. The van der Waals surface area contributed by atoms with Crippen LogP contribution in [0.4, 0.5) is 5.69 Å². The number of aromatic nitrogens is 1. The summed E-state index contributed by atoms with van der Waals surface area (Å²) in [6.07, 6.45) is 4.49. The predicted octanol–water partition coefficient (Wildman–Crippen LogP) is 1.20. The minimum absolute atomic E-state index is 0.526. The van der Waals surface area contributed by atoms with Crippen molar-refractivity contribution < 1.29 is 0 Å². The lowest BCUT2D eigenvalue weighted by molar-refractivity contribution is 0.590. The van der Waals surface area contributed by atoms with Crippen molar-refractivity contribution in [1.29, 1.82) is 0 Å². The smallest absolute Gasteiger partial charge is 0.0377 e. The number of hydrogen-bond acceptors (Lipinski definition) is 3. The summed E-state index contributed by atoms with van der Waals surface area (Å²) in [6.45, 7) is 5.22. The lowest BCUT2D eigenvalue weighted by atomic mass is 10.2. The Kier molecular flexibility index (Phi) is 3.71. The van der Waals surface area contributed by atoms with Gasteiger partial charge in [0.05, 0.1) is 0 Å². The molecule has 1 aromatic heterocycles. The van der Waals surface area contributed by atoms with Crippen LogP contribution in [0, 0.1) is 0 Å². The fourth-order valence-electron chi connectivity index (χ4n) is 1.14. The van der Waals surface area contributed by atoms with Gasteiger partial charge in [-0.1, -0.05) is 13.8 Å². The number of pyridine rings is 1. The molecule has 0 amide bonds. The molecule has 3 heteroatoms. The maximum absolute atomic E-state index is 5.77. The van der Waals surface area contributed by atoms with Gasteiger partial charge in [0.15, 0.2) is 0 Å². The van der Waals surface area contributed by atoms with Crippen LogP contribution in [0.1, 0.15) is 19.4 Å². The van der Waals surface area contributed by atoms with E-state index in [1.54, 1.807) is 6.20 Å². The second-order valence-electron chi connectivity index (χ2n) is 3.43. The van der Waals surface area contributed by atoms with E-state index in [0.717, 1.165) is 24.2 Å². The molecule has 0 saturated carbocycles. The van der Waals surface area contributed by atoms with Gasteiger partial charge >= 0.3 is 0 Å². The Bertz CT molecular complexity index is 258. The fourth-order valence-corrected chi connectivity index (χ4v) is 1.14. The van der Waals surface area contributed by atoms with Crippen molar-refractivity contribution >= 4 is 5.69 Å². The summed E-state index contributed by atoms with van der Waals surface area (Å²) in [5.41, 5.74) is 7.72. The van der Waals surface area contributed by atoms with Gasteiger partial charge in [-0.25, -0.2) is 0 Å². The van der Waals surface area contributed by atoms with Crippen molar-refractivity contribution in [3.63, 3.8) is 0 Å². The Labute approximate surface area is 79.4 Å². The molecular weight excluding hydrogens is 162 g/mol. The highest BCUT2D eigenvalue weighted by Crippen LogP contribution is 2.08. The summed E-state index contributed by atoms with van der Waals surface area (Å²) in [6, 6.07) is 2.36. The van der Waals surface area contributed by atoms with E-state index in [9.17, 15) is 0 Å². The van der Waals surface area contributed by atoms with Crippen LogP contribution in [-0.4, -0.2) is 17.6 Å². The van der Waals surface area contributed by atoms with Crippen LogP contribution in [0.5, 0.6) is 0 Å². The molecule has 13 heavy (non-hydrogen) atoms. The number of rotatable bonds is 4. The van der Waals surface area contributed by atoms with Gasteiger partial charge in [-0.05, 0) is 24.6 Å². The van der Waals surface area contributed by atoms with Gasteiger partial charge in [-0.3, -0.25) is 4.98 Å². The molecule has 0 saturated heterocycles. The van der Waals surface area contributed by atoms with Crippen LogP contribution < -0.4 is 11.1 Å². The van der Waals surface area contributed by atoms with Crippen molar-refractivity contribution in [2.45, 2.75) is 26.3 Å². The van der Waals surface area contributed by atoms with Gasteiger partial charge in [0.2, 0.25) is 0 Å². The van der Waals surface area contributed by atoms with Gasteiger partial charge in [0, 0.05) is 24.1 Å². The van der Waals surface area contributed by atoms with Crippen molar-refractivity contribution in [3.8, 4) is 0 Å². The van der Waals surface area contributed by atoms with Gasteiger partial charge in [0.25, 0.3) is 0 Å². The normalized spacial score (nSPS) is 10.7. The minimum atomic E-state index is 0.526. The number of anilines is 1. The van der Waals surface area contributed by atoms with Crippen molar-refractivity contribution in [2.75, 3.05) is 12.3 Å². The lowest BCUT2D eigenvalue weighted by Gasteiger charge is -2.08. The summed E-state index contributed by atoms with van der Waals surface area (Å²) in [4.78, 5) is 4.04. The summed E-state index contributed by atoms with van der Waals surface area (Å²) >= 11 is 0. The molecular formula is C10H17N3. The highest BCUT2D eigenvalue weighted by molar-refractivity contribution is 5.44. The summed E-state index contributed by atoms with van der Waals surface area (Å²) in [5.74, 6) is 0. The zero-order valence-electron chi connectivity index (χ0n) is 8.25. The predicted molar refractivity (Wildman–Crippen MR) is 55.5 cm³/mol. The van der Waals surface area contributed by atoms with E-state index in [0.29, 0.717) is 6.04 Å². The van der Waals surface area contributed by atoms with Crippen LogP contribution in [0.15, 0.2) is 18.5 Å². The van der Waals surface area contributed by atoms with E-state index in [1.165, 1.54) is 0 Å². The van der Waals surface area contributed by atoms with Gasteiger partial charge in [-0.15, -0.1) is 0 Å². The second kappa shape index (κ2) is 4.82. The third-order valence-electron chi connectivity index (χ3n) is 1.89. The Balaban J connectivity index is 2.41. The zero-order chi connectivity index (χ0) is 9.68. The minimum Gasteiger partial charge on any atom is -0.398 e. The molecule has 72 valence electrons. The van der Waals surface area contributed by atoms with Gasteiger partial charge < -0.3 is 11.1 Å². The largest absolute Gasteiger partial charge is 0.398 e. The van der Waals surface area contributed by atoms with Crippen LogP contribution in [-0.2, 0) is 6.42 Å². The molecule has 0 aromatic carbocycles. The average Bonchev–Trinajstić information content (AvgIpc) is 2.08. The molecule has 0 spiro atoms. The first-order valence-electron chi connectivity index (χ1n) is 4.62. The third-order valence-corrected chi connectivity index (χ3v) is 1.89. The first-order valence-corrected chi connectivity index (χ1v) is 4.62. The molecule has 0 atom stereocenters. The van der Waals surface area contributed by atoms with E-state index < -0.39 is 0 Å². The maximum Gasteiger partial charge on any atom is 0.0377 e. The lowest BCUT2D eigenvalue weighted by Crippen LogP contribution is -2.25. The molecule has 0 fully saturated rings. The first-order chi connectivity index (χ1) is 6.20. The topological polar surface area (TPSA) is 50.9 Å². The van der Waals surface area contributed by atoms with Crippen LogP contribution >= 0.6 is 0 Å². The molecule has 0 bridgehead atoms. The Morgan fingerprint density at radius 2 is 2.31 bits per heavy atom. The van der Waals surface area contributed by atoms with Crippen LogP contribution in [0.3, 0.4) is 0 Å². The molecule has 0 aliphatic rings. The number of nitrogen functional groups attached to an aromatic ring is 1. The first kappa shape index (κ1) is 9.99. The van der Waals surface area contributed by atoms with E-state index in [4.69, 9.17) is 5.73 Å². The molecule has 1 rings (SSSR count). The third kappa shape index (κ3) is 3.42. The molecule has 0 unspecified atom stereocenters. The molecule has 3 N–H and O–H groups in total. The standard InChI is InChI=1S/C10H17N3/c1-8(2)13-6-3-9-7-12-5-4-10(9)11/h4-5,7-8,13H,3,6H2,1-2H3,(H2,11,12). The zero-order valence-corrected chi connectivity index (χ0v) is 8.25. The number of hydrogen-bond donors (Lipinski definition) is 2. The van der Waals surface area contributed by atoms with Crippen LogP contribution in [0.2, 0.25) is 0 Å². The average molecular weight is 179 g/mol. The summed E-state index contributed by atoms with van der Waals surface area (Å²) < 4.78 is 0. The highest BCUT2D eigenvalue weighted by atomic mass is 14.9. The fraction of sp³-hybridized carbons (Fsp3) is 0.500. The van der Waals surface area contributed by atoms with Crippen molar-refractivity contribution in [1.82, 2.24) is 10.3 Å². The quantitative estimate of drug-likeness (QED) is 0.730. The van der Waals surface area contributed by atoms with Crippen LogP contribution in [0.25, 0.3) is 0 Å². The molecule has 0 radical (unpaired) electrons. The molecule has 1 aromatic rings. The number of nitrogens with zero attached hydrogens (tertiary/aromatic N) is 1. The SMILES string of the molecule is CC(C)NCCc1cnccc1N. The highest BCUT2D eigenvalue weighted by Gasteiger charge is 1.98. The molecule has 0 aliphatic carbocycles. The Morgan fingerprint density at radius 3 is 2.92 bits per heavy atom. The van der Waals surface area contributed by atoms with E-state index in [1.807, 2.05) is 12.3 Å². The van der Waals surface area contributed by atoms with Crippen molar-refractivity contribution in [2.24, 2.45) is 0 Å². The molecule has 0 aliphatic heterocycles. The van der Waals surface area contributed by atoms with Gasteiger partial charge in [-0.2, -0.15) is 0 Å². The van der Waals surface area contributed by atoms with E-state index in [-0.39, 0.29) is 0 Å². The summed E-state index contributed by atoms with van der Waals surface area (Å²) in [5, 5.41) is 3.34. The second-order valence-corrected chi connectivity index (χ2v) is 3.43. The van der Waals surface area contributed by atoms with Gasteiger partial charge in [0.1, 0.15) is 0 Å². The summed E-state index contributed by atoms with van der Waals surface area (Å²) in [7, 11) is 0. The number of nitrogens with one attached hydrogen (secondary N) is 1. The van der Waals surface area contributed by atoms with Crippen molar-refractivity contribution in [3.05, 3.63) is 24.0 Å². The Hall–Kier alpha value is -1.09. The van der Waals surface area contributed by atoms with E-state index >= 15 is 0 Å².